The van der Waals surface area contributed by atoms with Crippen LogP contribution in [0.3, 0.4) is 0 Å². The maximum atomic E-state index is 13.4. The molecule has 2 aromatic rings. The number of alkyl halides is 3. The lowest BCUT2D eigenvalue weighted by atomic mass is 10.00. The van der Waals surface area contributed by atoms with Crippen LogP contribution >= 0.6 is 27.5 Å². The third kappa shape index (κ3) is 3.86. The number of halogens is 5. The van der Waals surface area contributed by atoms with Gasteiger partial charge in [-0.3, -0.25) is 0 Å². The van der Waals surface area contributed by atoms with Crippen LogP contribution in [0.15, 0.2) is 63.7 Å². The SMILES string of the molecule is O/N=C(C1=C(/C=C/c2ccc(Cl)cc2)Cc2cc(Br)ccc21)\C(F)(F)F. The predicted octanol–water partition coefficient (Wildman–Crippen LogP) is 6.52. The Balaban J connectivity index is 2.09. The molecule has 1 N–H and O–H groups in total. The summed E-state index contributed by atoms with van der Waals surface area (Å²) in [4.78, 5) is 0. The molecular formula is C19H12BrClF3NO. The van der Waals surface area contributed by atoms with Crippen molar-refractivity contribution in [1.29, 1.82) is 0 Å². The summed E-state index contributed by atoms with van der Waals surface area (Å²) in [6.45, 7) is 0. The molecule has 0 saturated heterocycles. The molecule has 0 atom stereocenters. The average molecular weight is 443 g/mol. The molecule has 0 amide bonds. The van der Waals surface area contributed by atoms with Crippen molar-refractivity contribution >= 4 is 44.9 Å². The Morgan fingerprint density at radius 2 is 1.81 bits per heavy atom. The second-order valence-corrected chi connectivity index (χ2v) is 7.06. The first-order valence-corrected chi connectivity index (χ1v) is 8.72. The molecule has 26 heavy (non-hydrogen) atoms. The third-order valence-corrected chi connectivity index (χ3v) is 4.74. The van der Waals surface area contributed by atoms with Gasteiger partial charge in [0.15, 0.2) is 5.71 Å². The lowest BCUT2D eigenvalue weighted by Gasteiger charge is -2.12. The summed E-state index contributed by atoms with van der Waals surface area (Å²) >= 11 is 9.17. The van der Waals surface area contributed by atoms with Crippen molar-refractivity contribution in [3.63, 3.8) is 0 Å². The van der Waals surface area contributed by atoms with Gasteiger partial charge in [0.2, 0.25) is 0 Å². The van der Waals surface area contributed by atoms with Crippen LogP contribution in [0.5, 0.6) is 0 Å². The minimum absolute atomic E-state index is 0.104. The number of benzene rings is 2. The van der Waals surface area contributed by atoms with Crippen LogP contribution in [0.2, 0.25) is 5.02 Å². The molecule has 0 bridgehead atoms. The number of fused-ring (bicyclic) bond motifs is 1. The number of hydrogen-bond acceptors (Lipinski definition) is 2. The van der Waals surface area contributed by atoms with Crippen molar-refractivity contribution in [2.75, 3.05) is 0 Å². The Morgan fingerprint density at radius 1 is 1.12 bits per heavy atom. The molecule has 0 fully saturated rings. The number of allylic oxidation sites excluding steroid dienone is 3. The van der Waals surface area contributed by atoms with Crippen LogP contribution in [-0.2, 0) is 6.42 Å². The summed E-state index contributed by atoms with van der Waals surface area (Å²) in [5.41, 5.74) is 0.970. The monoisotopic (exact) mass is 441 g/mol. The van der Waals surface area contributed by atoms with Crippen LogP contribution in [0, 0.1) is 0 Å². The highest BCUT2D eigenvalue weighted by atomic mass is 79.9. The van der Waals surface area contributed by atoms with Crippen molar-refractivity contribution < 1.29 is 18.4 Å². The summed E-state index contributed by atoms with van der Waals surface area (Å²) in [6, 6.07) is 12.0. The summed E-state index contributed by atoms with van der Waals surface area (Å²) in [6.07, 6.45) is -1.14. The van der Waals surface area contributed by atoms with E-state index in [-0.39, 0.29) is 5.57 Å². The molecule has 1 aliphatic rings. The first-order chi connectivity index (χ1) is 12.3. The molecule has 1 aliphatic carbocycles. The van der Waals surface area contributed by atoms with Gasteiger partial charge in [0.05, 0.1) is 0 Å². The topological polar surface area (TPSA) is 32.6 Å². The smallest absolute Gasteiger partial charge is 0.410 e. The van der Waals surface area contributed by atoms with Crippen LogP contribution < -0.4 is 0 Å². The van der Waals surface area contributed by atoms with E-state index in [1.807, 2.05) is 0 Å². The minimum atomic E-state index is -4.77. The van der Waals surface area contributed by atoms with Gasteiger partial charge >= 0.3 is 6.18 Å². The Morgan fingerprint density at radius 3 is 2.42 bits per heavy atom. The lowest BCUT2D eigenvalue weighted by molar-refractivity contribution is -0.0591. The fraction of sp³-hybridized carbons (Fsp3) is 0.105. The zero-order valence-electron chi connectivity index (χ0n) is 13.2. The highest BCUT2D eigenvalue weighted by molar-refractivity contribution is 9.10. The van der Waals surface area contributed by atoms with Gasteiger partial charge in [0.1, 0.15) is 0 Å². The molecule has 2 nitrogen and oxygen atoms in total. The Bertz CT molecular complexity index is 931. The number of rotatable bonds is 3. The molecule has 0 spiro atoms. The molecule has 134 valence electrons. The van der Waals surface area contributed by atoms with Crippen molar-refractivity contribution in [3.8, 4) is 0 Å². The maximum absolute atomic E-state index is 13.4. The summed E-state index contributed by atoms with van der Waals surface area (Å²) in [5.74, 6) is 0. The van der Waals surface area contributed by atoms with Gasteiger partial charge in [-0.15, -0.1) is 0 Å². The van der Waals surface area contributed by atoms with E-state index >= 15 is 0 Å². The summed E-state index contributed by atoms with van der Waals surface area (Å²) in [5, 5.41) is 12.1. The van der Waals surface area contributed by atoms with Crippen molar-refractivity contribution in [3.05, 3.63) is 80.3 Å². The quantitative estimate of drug-likeness (QED) is 0.328. The minimum Gasteiger partial charge on any atom is -0.410 e. The zero-order valence-corrected chi connectivity index (χ0v) is 15.5. The molecule has 0 saturated carbocycles. The van der Waals surface area contributed by atoms with Gasteiger partial charge in [-0.05, 0) is 52.9 Å². The Hall–Kier alpha value is -2.05. The maximum Gasteiger partial charge on any atom is 0.437 e. The van der Waals surface area contributed by atoms with Crippen LogP contribution in [0.4, 0.5) is 13.2 Å². The van der Waals surface area contributed by atoms with Crippen molar-refractivity contribution in [2.45, 2.75) is 12.6 Å². The predicted molar refractivity (Wildman–Crippen MR) is 101 cm³/mol. The van der Waals surface area contributed by atoms with E-state index in [0.29, 0.717) is 22.6 Å². The summed E-state index contributed by atoms with van der Waals surface area (Å²) < 4.78 is 40.8. The van der Waals surface area contributed by atoms with Crippen molar-refractivity contribution in [2.24, 2.45) is 5.16 Å². The van der Waals surface area contributed by atoms with Crippen molar-refractivity contribution in [1.82, 2.24) is 0 Å². The summed E-state index contributed by atoms with van der Waals surface area (Å²) in [7, 11) is 0. The molecule has 7 heteroatoms. The first-order valence-electron chi connectivity index (χ1n) is 7.55. The molecule has 3 rings (SSSR count). The van der Waals surface area contributed by atoms with Crippen LogP contribution in [0.1, 0.15) is 16.7 Å². The van der Waals surface area contributed by atoms with Gasteiger partial charge in [0.25, 0.3) is 0 Å². The third-order valence-electron chi connectivity index (χ3n) is 3.99. The molecule has 0 aromatic heterocycles. The van der Waals surface area contributed by atoms with E-state index in [4.69, 9.17) is 16.8 Å². The molecule has 0 radical (unpaired) electrons. The number of hydrogen-bond donors (Lipinski definition) is 1. The van der Waals surface area contributed by atoms with Crippen LogP contribution in [-0.4, -0.2) is 17.1 Å². The van der Waals surface area contributed by atoms with Gasteiger partial charge in [0, 0.05) is 15.1 Å². The van der Waals surface area contributed by atoms with E-state index in [1.165, 1.54) is 0 Å². The standard InChI is InChI=1S/C19H12BrClF3NO/c20-14-5-8-16-13(10-14)9-12(17(16)18(25-26)19(22,23)24)4-1-11-2-6-15(21)7-3-11/h1-8,10,26H,9H2/b4-1+,25-18-. The lowest BCUT2D eigenvalue weighted by Crippen LogP contribution is -2.24. The van der Waals surface area contributed by atoms with Gasteiger partial charge in [-0.1, -0.05) is 63.0 Å². The largest absolute Gasteiger partial charge is 0.437 e. The van der Waals surface area contributed by atoms with E-state index in [2.05, 4.69) is 21.1 Å². The van der Waals surface area contributed by atoms with E-state index < -0.39 is 11.9 Å². The normalized spacial score (nSPS) is 15.0. The number of nitrogens with zero attached hydrogens (tertiary/aromatic N) is 1. The Labute approximate surface area is 161 Å². The van der Waals surface area contributed by atoms with Gasteiger partial charge in [-0.2, -0.15) is 13.2 Å². The fourth-order valence-electron chi connectivity index (χ4n) is 2.86. The highest BCUT2D eigenvalue weighted by Gasteiger charge is 2.42. The molecule has 0 aliphatic heterocycles. The number of oxime groups is 1. The van der Waals surface area contributed by atoms with E-state index in [9.17, 15) is 13.2 Å². The highest BCUT2D eigenvalue weighted by Crippen LogP contribution is 2.40. The first kappa shape index (κ1) is 18.7. The molecule has 0 heterocycles. The molecule has 0 unspecified atom stereocenters. The second-order valence-electron chi connectivity index (χ2n) is 5.71. The van der Waals surface area contributed by atoms with Crippen LogP contribution in [0.25, 0.3) is 11.6 Å². The Kier molecular flexibility index (Phi) is 5.25. The average Bonchev–Trinajstić information content (AvgIpc) is 2.91. The van der Waals surface area contributed by atoms with E-state index in [0.717, 1.165) is 15.6 Å². The van der Waals surface area contributed by atoms with Gasteiger partial charge < -0.3 is 5.21 Å². The zero-order chi connectivity index (χ0) is 18.9. The molecular weight excluding hydrogens is 431 g/mol. The fourth-order valence-corrected chi connectivity index (χ4v) is 3.39. The van der Waals surface area contributed by atoms with Gasteiger partial charge in [-0.25, -0.2) is 0 Å². The second kappa shape index (κ2) is 7.29. The van der Waals surface area contributed by atoms with E-state index in [1.54, 1.807) is 54.6 Å². The molecule has 2 aromatic carbocycles.